The third-order valence-corrected chi connectivity index (χ3v) is 5.55. The van der Waals surface area contributed by atoms with Crippen LogP contribution in [0.15, 0.2) is 24.3 Å². The number of hydrogen-bond acceptors (Lipinski definition) is 4. The maximum absolute atomic E-state index is 12.9. The Hall–Kier alpha value is -2.24. The van der Waals surface area contributed by atoms with Crippen LogP contribution in [-0.4, -0.2) is 67.2 Å². The number of carbonyl (C=O) groups excluding carboxylic acids is 2. The summed E-state index contributed by atoms with van der Waals surface area (Å²) in [6.45, 7) is 3.96. The number of likely N-dealkylation sites (N-methyl/N-ethyl adjacent to an activating group) is 1. The minimum Gasteiger partial charge on any atom is -0.439 e. The highest BCUT2D eigenvalue weighted by Crippen LogP contribution is 2.32. The largest absolute Gasteiger partial charge is 0.439 e. The average Bonchev–Trinajstić information content (AvgIpc) is 3.24. The second-order valence-corrected chi connectivity index (χ2v) is 7.48. The van der Waals surface area contributed by atoms with Gasteiger partial charge in [-0.05, 0) is 49.9 Å². The van der Waals surface area contributed by atoms with E-state index in [2.05, 4.69) is 4.90 Å². The molecule has 3 aliphatic rings. The van der Waals surface area contributed by atoms with Gasteiger partial charge in [-0.1, -0.05) is 0 Å². The standard InChI is InChI=1S/C19H25N3O3/c1-20-13-19(25-18(20)24)9-4-12-22(14-19)17(23)15-5-7-16(8-6-15)21-10-2-3-11-21/h5-8H,2-4,9-14H2,1H3/t19-/m0/s1. The fraction of sp³-hybridized carbons (Fsp3) is 0.579. The van der Waals surface area contributed by atoms with Crippen LogP contribution in [0.3, 0.4) is 0 Å². The first kappa shape index (κ1) is 16.2. The SMILES string of the molecule is CN1C[C@]2(CCCN(C(=O)c3ccc(N4CCCC4)cc3)C2)OC1=O. The molecule has 3 heterocycles. The number of anilines is 1. The van der Waals surface area contributed by atoms with Gasteiger partial charge in [-0.15, -0.1) is 0 Å². The van der Waals surface area contributed by atoms with Gasteiger partial charge in [0.25, 0.3) is 5.91 Å². The fourth-order valence-electron chi connectivity index (χ4n) is 4.25. The highest BCUT2D eigenvalue weighted by atomic mass is 16.6. The molecule has 0 aromatic heterocycles. The van der Waals surface area contributed by atoms with Crippen molar-refractivity contribution in [2.24, 2.45) is 0 Å². The molecule has 1 spiro atoms. The van der Waals surface area contributed by atoms with Crippen molar-refractivity contribution in [1.29, 1.82) is 0 Å². The van der Waals surface area contributed by atoms with Crippen LogP contribution in [0.5, 0.6) is 0 Å². The number of carbonyl (C=O) groups is 2. The molecule has 3 saturated heterocycles. The highest BCUT2D eigenvalue weighted by molar-refractivity contribution is 5.94. The van der Waals surface area contributed by atoms with Gasteiger partial charge in [0.1, 0.15) is 5.60 Å². The molecule has 6 heteroatoms. The molecule has 1 aromatic carbocycles. The summed E-state index contributed by atoms with van der Waals surface area (Å²) in [7, 11) is 1.74. The van der Waals surface area contributed by atoms with Crippen LogP contribution < -0.4 is 4.90 Å². The molecule has 4 rings (SSSR count). The minimum atomic E-state index is -0.533. The van der Waals surface area contributed by atoms with E-state index >= 15 is 0 Å². The lowest BCUT2D eigenvalue weighted by Crippen LogP contribution is -2.52. The Morgan fingerprint density at radius 3 is 2.40 bits per heavy atom. The Morgan fingerprint density at radius 1 is 1.04 bits per heavy atom. The zero-order chi connectivity index (χ0) is 17.4. The van der Waals surface area contributed by atoms with Crippen molar-refractivity contribution in [3.8, 4) is 0 Å². The molecule has 1 atom stereocenters. The van der Waals surface area contributed by atoms with Gasteiger partial charge >= 0.3 is 6.09 Å². The van der Waals surface area contributed by atoms with Crippen LogP contribution in [0.2, 0.25) is 0 Å². The average molecular weight is 343 g/mol. The molecule has 0 aliphatic carbocycles. The second-order valence-electron chi connectivity index (χ2n) is 7.48. The Bertz CT molecular complexity index is 669. The van der Waals surface area contributed by atoms with Gasteiger partial charge < -0.3 is 19.4 Å². The summed E-state index contributed by atoms with van der Waals surface area (Å²) < 4.78 is 5.59. The molecule has 0 unspecified atom stereocenters. The summed E-state index contributed by atoms with van der Waals surface area (Å²) in [5.41, 5.74) is 1.36. The number of rotatable bonds is 2. The molecule has 0 saturated carbocycles. The quantitative estimate of drug-likeness (QED) is 0.827. The topological polar surface area (TPSA) is 53.1 Å². The molecule has 3 aliphatic heterocycles. The van der Waals surface area contributed by atoms with Crippen LogP contribution in [-0.2, 0) is 4.74 Å². The minimum absolute atomic E-state index is 0.0256. The zero-order valence-electron chi connectivity index (χ0n) is 14.7. The third-order valence-electron chi connectivity index (χ3n) is 5.55. The molecule has 2 amide bonds. The fourth-order valence-corrected chi connectivity index (χ4v) is 4.25. The van der Waals surface area contributed by atoms with E-state index in [1.165, 1.54) is 18.5 Å². The van der Waals surface area contributed by atoms with Crippen LogP contribution in [0.4, 0.5) is 10.5 Å². The van der Waals surface area contributed by atoms with Crippen molar-refractivity contribution >= 4 is 17.7 Å². The van der Waals surface area contributed by atoms with Gasteiger partial charge in [0.15, 0.2) is 0 Å². The molecule has 6 nitrogen and oxygen atoms in total. The van der Waals surface area contributed by atoms with E-state index in [0.29, 0.717) is 18.7 Å². The van der Waals surface area contributed by atoms with Gasteiger partial charge in [0, 0.05) is 37.9 Å². The first-order valence-corrected chi connectivity index (χ1v) is 9.15. The van der Waals surface area contributed by atoms with Crippen molar-refractivity contribution in [1.82, 2.24) is 9.80 Å². The summed E-state index contributed by atoms with van der Waals surface area (Å²) in [5, 5.41) is 0. The maximum atomic E-state index is 12.9. The predicted octanol–water partition coefficient (Wildman–Crippen LogP) is 2.34. The summed E-state index contributed by atoms with van der Waals surface area (Å²) in [6.07, 6.45) is 3.87. The predicted molar refractivity (Wildman–Crippen MR) is 94.9 cm³/mol. The molecule has 25 heavy (non-hydrogen) atoms. The van der Waals surface area contributed by atoms with Crippen LogP contribution in [0.25, 0.3) is 0 Å². The Labute approximate surface area is 148 Å². The Morgan fingerprint density at radius 2 is 1.76 bits per heavy atom. The monoisotopic (exact) mass is 343 g/mol. The van der Waals surface area contributed by atoms with Gasteiger partial charge in [0.2, 0.25) is 0 Å². The number of hydrogen-bond donors (Lipinski definition) is 0. The van der Waals surface area contributed by atoms with E-state index in [1.807, 2.05) is 29.2 Å². The van der Waals surface area contributed by atoms with Gasteiger partial charge in [-0.3, -0.25) is 4.79 Å². The summed E-state index contributed by atoms with van der Waals surface area (Å²) >= 11 is 0. The van der Waals surface area contributed by atoms with E-state index in [1.54, 1.807) is 11.9 Å². The van der Waals surface area contributed by atoms with E-state index in [4.69, 9.17) is 4.74 Å². The first-order chi connectivity index (χ1) is 12.1. The second kappa shape index (κ2) is 6.24. The van der Waals surface area contributed by atoms with Crippen molar-refractivity contribution in [3.63, 3.8) is 0 Å². The number of benzene rings is 1. The highest BCUT2D eigenvalue weighted by Gasteiger charge is 2.47. The van der Waals surface area contributed by atoms with Crippen LogP contribution >= 0.6 is 0 Å². The normalized spacial score (nSPS) is 26.4. The smallest absolute Gasteiger partial charge is 0.410 e. The lowest BCUT2D eigenvalue weighted by Gasteiger charge is -2.38. The molecule has 134 valence electrons. The Balaban J connectivity index is 1.46. The van der Waals surface area contributed by atoms with Crippen molar-refractivity contribution in [2.75, 3.05) is 44.7 Å². The van der Waals surface area contributed by atoms with Crippen molar-refractivity contribution < 1.29 is 14.3 Å². The number of likely N-dealkylation sites (tertiary alicyclic amines) is 1. The molecule has 3 fully saturated rings. The lowest BCUT2D eigenvalue weighted by atomic mass is 9.92. The van der Waals surface area contributed by atoms with E-state index < -0.39 is 5.60 Å². The number of nitrogens with zero attached hydrogens (tertiary/aromatic N) is 3. The van der Waals surface area contributed by atoms with Gasteiger partial charge in [-0.2, -0.15) is 0 Å². The van der Waals surface area contributed by atoms with Crippen LogP contribution in [0.1, 0.15) is 36.0 Å². The van der Waals surface area contributed by atoms with Gasteiger partial charge in [-0.25, -0.2) is 4.79 Å². The summed E-state index contributed by atoms with van der Waals surface area (Å²) in [5.74, 6) is 0.0256. The maximum Gasteiger partial charge on any atom is 0.410 e. The lowest BCUT2D eigenvalue weighted by molar-refractivity contribution is -0.00521. The molecular weight excluding hydrogens is 318 g/mol. The summed E-state index contributed by atoms with van der Waals surface area (Å²) in [6, 6.07) is 7.93. The summed E-state index contributed by atoms with van der Waals surface area (Å²) in [4.78, 5) is 30.4. The third kappa shape index (κ3) is 3.05. The van der Waals surface area contributed by atoms with Crippen LogP contribution in [0, 0.1) is 0 Å². The number of piperidine rings is 1. The van der Waals surface area contributed by atoms with E-state index in [-0.39, 0.29) is 12.0 Å². The van der Waals surface area contributed by atoms with E-state index in [0.717, 1.165) is 32.5 Å². The molecule has 1 aromatic rings. The van der Waals surface area contributed by atoms with Crippen molar-refractivity contribution in [3.05, 3.63) is 29.8 Å². The number of ether oxygens (including phenoxy) is 1. The zero-order valence-corrected chi connectivity index (χ0v) is 14.7. The molecule has 0 radical (unpaired) electrons. The Kier molecular flexibility index (Phi) is 4.06. The number of amides is 2. The first-order valence-electron chi connectivity index (χ1n) is 9.15. The molecule has 0 N–H and O–H groups in total. The molecular formula is C19H25N3O3. The molecule has 0 bridgehead atoms. The van der Waals surface area contributed by atoms with Gasteiger partial charge in [0.05, 0.1) is 13.1 Å². The van der Waals surface area contributed by atoms with Crippen molar-refractivity contribution in [2.45, 2.75) is 31.3 Å². The van der Waals surface area contributed by atoms with E-state index in [9.17, 15) is 9.59 Å².